The summed E-state index contributed by atoms with van der Waals surface area (Å²) in [4.78, 5) is 0. The lowest BCUT2D eigenvalue weighted by molar-refractivity contribution is 0.386. The highest BCUT2D eigenvalue weighted by Crippen LogP contribution is 2.19. The molecule has 0 aliphatic heterocycles. The number of nitrogens with one attached hydrogen (secondary N) is 1. The van der Waals surface area contributed by atoms with Gasteiger partial charge in [0.25, 0.3) is 0 Å². The molecule has 0 unspecified atom stereocenters. The van der Waals surface area contributed by atoms with Crippen LogP contribution in [0.3, 0.4) is 0 Å². The summed E-state index contributed by atoms with van der Waals surface area (Å²) < 4.78 is 18.4. The van der Waals surface area contributed by atoms with Gasteiger partial charge in [0.15, 0.2) is 11.6 Å². The van der Waals surface area contributed by atoms with Crippen molar-refractivity contribution in [3.63, 3.8) is 0 Å². The molecule has 1 rings (SSSR count). The first-order chi connectivity index (χ1) is 9.13. The minimum absolute atomic E-state index is 0.263. The number of unbranched alkanes of at least 4 members (excludes halogenated alkanes) is 3. The average Bonchev–Trinajstić information content (AvgIpc) is 2.37. The van der Waals surface area contributed by atoms with Crippen LogP contribution in [0.25, 0.3) is 0 Å². The van der Waals surface area contributed by atoms with Crippen LogP contribution in [-0.2, 0) is 6.42 Å². The number of halogens is 1. The van der Waals surface area contributed by atoms with Crippen molar-refractivity contribution in [2.24, 2.45) is 0 Å². The Bertz CT molecular complexity index is 366. The normalized spacial score (nSPS) is 11.0. The zero-order valence-corrected chi connectivity index (χ0v) is 12.3. The van der Waals surface area contributed by atoms with Crippen molar-refractivity contribution in [1.29, 1.82) is 0 Å². The van der Waals surface area contributed by atoms with E-state index in [1.807, 2.05) is 6.07 Å². The van der Waals surface area contributed by atoms with Gasteiger partial charge < -0.3 is 10.1 Å². The topological polar surface area (TPSA) is 21.3 Å². The summed E-state index contributed by atoms with van der Waals surface area (Å²) in [6.07, 6.45) is 5.72. The number of ether oxygens (including phenoxy) is 1. The predicted molar refractivity (Wildman–Crippen MR) is 78.3 cm³/mol. The van der Waals surface area contributed by atoms with Crippen molar-refractivity contribution in [3.8, 4) is 5.75 Å². The van der Waals surface area contributed by atoms with Gasteiger partial charge in [0.1, 0.15) is 0 Å². The quantitative estimate of drug-likeness (QED) is 0.684. The van der Waals surface area contributed by atoms with Crippen LogP contribution in [0.15, 0.2) is 18.2 Å². The fourth-order valence-corrected chi connectivity index (χ4v) is 2.06. The third kappa shape index (κ3) is 6.58. The molecule has 0 aliphatic rings. The first kappa shape index (κ1) is 16.0. The second-order valence-electron chi connectivity index (χ2n) is 5.24. The number of aryl methyl sites for hydroxylation is 1. The van der Waals surface area contributed by atoms with Gasteiger partial charge in [0, 0.05) is 6.04 Å². The molecule has 0 radical (unpaired) electrons. The van der Waals surface area contributed by atoms with Gasteiger partial charge in [0.2, 0.25) is 0 Å². The van der Waals surface area contributed by atoms with Crippen LogP contribution >= 0.6 is 0 Å². The molecule has 0 saturated carbocycles. The molecule has 0 aromatic heterocycles. The molecular formula is C16H26FNO. The first-order valence-corrected chi connectivity index (χ1v) is 7.19. The van der Waals surface area contributed by atoms with E-state index in [1.165, 1.54) is 26.4 Å². The molecule has 3 heteroatoms. The third-order valence-corrected chi connectivity index (χ3v) is 3.16. The summed E-state index contributed by atoms with van der Waals surface area (Å²) >= 11 is 0. The summed E-state index contributed by atoms with van der Waals surface area (Å²) in [6.45, 7) is 5.42. The van der Waals surface area contributed by atoms with E-state index in [-0.39, 0.29) is 5.82 Å². The summed E-state index contributed by atoms with van der Waals surface area (Å²) in [7, 11) is 1.49. The SMILES string of the molecule is COc1ccc(CCCCCCNC(C)C)cc1F. The Morgan fingerprint density at radius 2 is 1.89 bits per heavy atom. The predicted octanol–water partition coefficient (Wildman–Crippen LogP) is 3.94. The van der Waals surface area contributed by atoms with Crippen molar-refractivity contribution >= 4 is 0 Å². The van der Waals surface area contributed by atoms with Crippen molar-refractivity contribution < 1.29 is 9.13 Å². The van der Waals surface area contributed by atoms with Crippen molar-refractivity contribution in [1.82, 2.24) is 5.32 Å². The maximum absolute atomic E-state index is 13.5. The average molecular weight is 267 g/mol. The zero-order chi connectivity index (χ0) is 14.1. The smallest absolute Gasteiger partial charge is 0.165 e. The standard InChI is InChI=1S/C16H26FNO/c1-13(2)18-11-7-5-4-6-8-14-9-10-16(19-3)15(17)12-14/h9-10,12-13,18H,4-8,11H2,1-3H3. The molecule has 2 nitrogen and oxygen atoms in total. The highest BCUT2D eigenvalue weighted by atomic mass is 19.1. The summed E-state index contributed by atoms with van der Waals surface area (Å²) in [6, 6.07) is 5.81. The Balaban J connectivity index is 2.14. The third-order valence-electron chi connectivity index (χ3n) is 3.16. The van der Waals surface area contributed by atoms with Gasteiger partial charge >= 0.3 is 0 Å². The van der Waals surface area contributed by atoms with E-state index in [2.05, 4.69) is 19.2 Å². The van der Waals surface area contributed by atoms with E-state index in [0.717, 1.165) is 24.9 Å². The molecule has 0 aliphatic carbocycles. The van der Waals surface area contributed by atoms with Crippen LogP contribution in [-0.4, -0.2) is 19.7 Å². The minimum atomic E-state index is -0.263. The molecule has 0 heterocycles. The van der Waals surface area contributed by atoms with E-state index in [1.54, 1.807) is 12.1 Å². The van der Waals surface area contributed by atoms with Crippen LogP contribution in [0.2, 0.25) is 0 Å². The maximum Gasteiger partial charge on any atom is 0.165 e. The molecule has 0 saturated heterocycles. The lowest BCUT2D eigenvalue weighted by Gasteiger charge is -2.08. The lowest BCUT2D eigenvalue weighted by Crippen LogP contribution is -2.23. The Hall–Kier alpha value is -1.09. The number of rotatable bonds is 9. The van der Waals surface area contributed by atoms with Crippen LogP contribution in [0.1, 0.15) is 45.1 Å². The first-order valence-electron chi connectivity index (χ1n) is 7.19. The largest absolute Gasteiger partial charge is 0.494 e. The van der Waals surface area contributed by atoms with E-state index in [0.29, 0.717) is 11.8 Å². The van der Waals surface area contributed by atoms with Gasteiger partial charge in [-0.3, -0.25) is 0 Å². The zero-order valence-electron chi connectivity index (χ0n) is 12.3. The van der Waals surface area contributed by atoms with Gasteiger partial charge in [-0.2, -0.15) is 0 Å². The van der Waals surface area contributed by atoms with Gasteiger partial charge in [-0.15, -0.1) is 0 Å². The molecule has 108 valence electrons. The Morgan fingerprint density at radius 1 is 1.16 bits per heavy atom. The van der Waals surface area contributed by atoms with Gasteiger partial charge in [-0.1, -0.05) is 32.8 Å². The van der Waals surface area contributed by atoms with Gasteiger partial charge in [-0.25, -0.2) is 4.39 Å². The fraction of sp³-hybridized carbons (Fsp3) is 0.625. The molecule has 0 amide bonds. The molecular weight excluding hydrogens is 241 g/mol. The van der Waals surface area contributed by atoms with Crippen molar-refractivity contribution in [2.45, 2.75) is 52.0 Å². The molecule has 1 N–H and O–H groups in total. The number of hydrogen-bond acceptors (Lipinski definition) is 2. The molecule has 1 aromatic rings. The summed E-state index contributed by atoms with van der Waals surface area (Å²) in [5.41, 5.74) is 1.05. The Morgan fingerprint density at radius 3 is 2.53 bits per heavy atom. The maximum atomic E-state index is 13.5. The molecule has 0 spiro atoms. The van der Waals surface area contributed by atoms with Crippen LogP contribution in [0.5, 0.6) is 5.75 Å². The second kappa shape index (κ2) is 8.92. The highest BCUT2D eigenvalue weighted by molar-refractivity contribution is 5.29. The van der Waals surface area contributed by atoms with E-state index < -0.39 is 0 Å². The number of benzene rings is 1. The van der Waals surface area contributed by atoms with E-state index in [4.69, 9.17) is 4.74 Å². The molecule has 0 fully saturated rings. The second-order valence-corrected chi connectivity index (χ2v) is 5.24. The van der Waals surface area contributed by atoms with Crippen LogP contribution < -0.4 is 10.1 Å². The summed E-state index contributed by atoms with van der Waals surface area (Å²) in [5, 5.41) is 3.41. The van der Waals surface area contributed by atoms with Crippen molar-refractivity contribution in [3.05, 3.63) is 29.6 Å². The van der Waals surface area contributed by atoms with Gasteiger partial charge in [0.05, 0.1) is 7.11 Å². The van der Waals surface area contributed by atoms with E-state index in [9.17, 15) is 4.39 Å². The van der Waals surface area contributed by atoms with Gasteiger partial charge in [-0.05, 0) is 43.5 Å². The molecule has 0 bridgehead atoms. The van der Waals surface area contributed by atoms with Crippen molar-refractivity contribution in [2.75, 3.05) is 13.7 Å². The Labute approximate surface area is 116 Å². The Kier molecular flexibility index (Phi) is 7.49. The highest BCUT2D eigenvalue weighted by Gasteiger charge is 2.03. The van der Waals surface area contributed by atoms with Crippen LogP contribution in [0.4, 0.5) is 4.39 Å². The minimum Gasteiger partial charge on any atom is -0.494 e. The number of hydrogen-bond donors (Lipinski definition) is 1. The number of methoxy groups -OCH3 is 1. The van der Waals surface area contributed by atoms with Crippen LogP contribution in [0, 0.1) is 5.82 Å². The molecule has 19 heavy (non-hydrogen) atoms. The monoisotopic (exact) mass is 267 g/mol. The lowest BCUT2D eigenvalue weighted by atomic mass is 10.1. The molecule has 1 aromatic carbocycles. The molecule has 0 atom stereocenters. The van der Waals surface area contributed by atoms with E-state index >= 15 is 0 Å². The fourth-order valence-electron chi connectivity index (χ4n) is 2.06. The summed E-state index contributed by atoms with van der Waals surface area (Å²) in [5.74, 6) is 0.0599.